The molecule has 4 nitrogen and oxygen atoms in total. The number of hydrogen-bond acceptors (Lipinski definition) is 3. The quantitative estimate of drug-likeness (QED) is 0.659. The summed E-state index contributed by atoms with van der Waals surface area (Å²) in [6.45, 7) is 6.05. The summed E-state index contributed by atoms with van der Waals surface area (Å²) in [6, 6.07) is 1.90. The zero-order valence-electron chi connectivity index (χ0n) is 12.9. The molecule has 0 saturated carbocycles. The summed E-state index contributed by atoms with van der Waals surface area (Å²) in [4.78, 5) is 14.6. The zero-order chi connectivity index (χ0) is 14.8. The molecule has 1 heterocycles. The molecule has 0 aromatic carbocycles. The molecule has 1 aromatic heterocycles. The second-order valence-electron chi connectivity index (χ2n) is 5.16. The lowest BCUT2D eigenvalue weighted by atomic mass is 9.96. The Morgan fingerprint density at radius 2 is 2.05 bits per heavy atom. The Hall–Kier alpha value is -1.29. The first-order valence-electron chi connectivity index (χ1n) is 7.51. The molecule has 0 aliphatic carbocycles. The van der Waals surface area contributed by atoms with Gasteiger partial charge < -0.3 is 14.1 Å². The third-order valence-electron chi connectivity index (χ3n) is 3.45. The maximum Gasteiger partial charge on any atom is 0.226 e. The van der Waals surface area contributed by atoms with Crippen molar-refractivity contribution in [1.29, 1.82) is 0 Å². The molecule has 0 bridgehead atoms. The number of carbonyl (C=O) groups is 1. The molecule has 0 aliphatic heterocycles. The molecular weight excluding hydrogens is 254 g/mol. The van der Waals surface area contributed by atoms with Crippen LogP contribution in [0.25, 0.3) is 0 Å². The molecule has 0 spiro atoms. The minimum absolute atomic E-state index is 0.133. The molecule has 1 amide bonds. The number of hydrogen-bond donors (Lipinski definition) is 0. The minimum Gasteiger partial charge on any atom is -0.472 e. The Labute approximate surface area is 122 Å². The van der Waals surface area contributed by atoms with Gasteiger partial charge in [0.1, 0.15) is 0 Å². The van der Waals surface area contributed by atoms with Gasteiger partial charge in [0.25, 0.3) is 0 Å². The van der Waals surface area contributed by atoms with Gasteiger partial charge in [-0.05, 0) is 18.9 Å². The van der Waals surface area contributed by atoms with Crippen LogP contribution in [0, 0.1) is 5.92 Å². The number of nitrogens with zero attached hydrogens (tertiary/aromatic N) is 1. The Kier molecular flexibility index (Phi) is 8.04. The number of amides is 1. The first-order chi connectivity index (χ1) is 9.72. The third-order valence-corrected chi connectivity index (χ3v) is 3.45. The Balaban J connectivity index is 2.70. The maximum absolute atomic E-state index is 12.7. The summed E-state index contributed by atoms with van der Waals surface area (Å²) in [5, 5.41) is 0. The maximum atomic E-state index is 12.7. The molecule has 0 unspecified atom stereocenters. The molecule has 0 saturated heterocycles. The van der Waals surface area contributed by atoms with E-state index in [2.05, 4.69) is 13.8 Å². The van der Waals surface area contributed by atoms with E-state index in [9.17, 15) is 4.79 Å². The van der Waals surface area contributed by atoms with Gasteiger partial charge in [0.05, 0.1) is 19.1 Å². The number of rotatable bonds is 10. The monoisotopic (exact) mass is 281 g/mol. The van der Waals surface area contributed by atoms with Crippen LogP contribution in [0.5, 0.6) is 0 Å². The van der Waals surface area contributed by atoms with E-state index in [0.717, 1.165) is 31.2 Å². The van der Waals surface area contributed by atoms with Gasteiger partial charge in [0.2, 0.25) is 5.91 Å². The highest BCUT2D eigenvalue weighted by Crippen LogP contribution is 2.18. The van der Waals surface area contributed by atoms with Gasteiger partial charge in [0.15, 0.2) is 0 Å². The van der Waals surface area contributed by atoms with Gasteiger partial charge in [0, 0.05) is 31.7 Å². The van der Waals surface area contributed by atoms with E-state index >= 15 is 0 Å². The molecule has 0 N–H and O–H groups in total. The Morgan fingerprint density at radius 1 is 1.35 bits per heavy atom. The van der Waals surface area contributed by atoms with E-state index < -0.39 is 0 Å². The highest BCUT2D eigenvalue weighted by Gasteiger charge is 2.23. The van der Waals surface area contributed by atoms with Crippen LogP contribution in [-0.4, -0.2) is 31.1 Å². The predicted octanol–water partition coefficient (Wildman–Crippen LogP) is 3.47. The Morgan fingerprint density at radius 3 is 2.55 bits per heavy atom. The zero-order valence-corrected chi connectivity index (χ0v) is 12.9. The van der Waals surface area contributed by atoms with Crippen molar-refractivity contribution in [2.45, 2.75) is 46.1 Å². The van der Waals surface area contributed by atoms with Crippen molar-refractivity contribution in [2.75, 3.05) is 20.3 Å². The smallest absolute Gasteiger partial charge is 0.226 e. The van der Waals surface area contributed by atoms with Crippen LogP contribution < -0.4 is 0 Å². The fourth-order valence-electron chi connectivity index (χ4n) is 2.42. The lowest BCUT2D eigenvalue weighted by molar-refractivity contribution is -0.137. The highest BCUT2D eigenvalue weighted by molar-refractivity contribution is 5.78. The average molecular weight is 281 g/mol. The van der Waals surface area contributed by atoms with Gasteiger partial charge in [-0.2, -0.15) is 0 Å². The first-order valence-corrected chi connectivity index (χ1v) is 7.51. The molecule has 0 radical (unpaired) electrons. The van der Waals surface area contributed by atoms with Crippen molar-refractivity contribution in [1.82, 2.24) is 4.90 Å². The lowest BCUT2D eigenvalue weighted by Crippen LogP contribution is -2.37. The van der Waals surface area contributed by atoms with Crippen molar-refractivity contribution >= 4 is 5.91 Å². The van der Waals surface area contributed by atoms with Gasteiger partial charge in [-0.25, -0.2) is 0 Å². The molecule has 0 aliphatic rings. The van der Waals surface area contributed by atoms with Gasteiger partial charge >= 0.3 is 0 Å². The largest absolute Gasteiger partial charge is 0.472 e. The number of carbonyl (C=O) groups excluding carboxylic acids is 1. The third kappa shape index (κ3) is 5.37. The van der Waals surface area contributed by atoms with Gasteiger partial charge in [-0.15, -0.1) is 0 Å². The number of furan rings is 1. The Bertz CT molecular complexity index is 356. The summed E-state index contributed by atoms with van der Waals surface area (Å²) < 4.78 is 10.2. The van der Waals surface area contributed by atoms with E-state index in [1.807, 2.05) is 11.0 Å². The summed E-state index contributed by atoms with van der Waals surface area (Å²) >= 11 is 0. The summed E-state index contributed by atoms with van der Waals surface area (Å²) in [6.07, 6.45) is 7.34. The van der Waals surface area contributed by atoms with Gasteiger partial charge in [-0.1, -0.05) is 26.7 Å². The van der Waals surface area contributed by atoms with Gasteiger partial charge in [-0.3, -0.25) is 4.79 Å². The van der Waals surface area contributed by atoms with Crippen LogP contribution >= 0.6 is 0 Å². The van der Waals surface area contributed by atoms with Crippen LogP contribution in [-0.2, 0) is 16.1 Å². The molecule has 0 fully saturated rings. The van der Waals surface area contributed by atoms with E-state index in [1.54, 1.807) is 19.6 Å². The first kappa shape index (κ1) is 16.8. The number of ether oxygens (including phenoxy) is 1. The molecule has 20 heavy (non-hydrogen) atoms. The van der Waals surface area contributed by atoms with E-state index in [0.29, 0.717) is 19.7 Å². The predicted molar refractivity (Wildman–Crippen MR) is 79.3 cm³/mol. The SMILES string of the molecule is CCCC(CCC)C(=O)N(CCOC)Cc1ccoc1. The fraction of sp³-hybridized carbons (Fsp3) is 0.688. The summed E-state index contributed by atoms with van der Waals surface area (Å²) in [5.74, 6) is 0.376. The summed E-state index contributed by atoms with van der Waals surface area (Å²) in [5.41, 5.74) is 1.03. The van der Waals surface area contributed by atoms with Crippen LogP contribution in [0.3, 0.4) is 0 Å². The number of methoxy groups -OCH3 is 1. The van der Waals surface area contributed by atoms with Crippen LogP contribution in [0.15, 0.2) is 23.0 Å². The molecule has 1 aromatic rings. The molecule has 0 atom stereocenters. The van der Waals surface area contributed by atoms with Crippen LogP contribution in [0.2, 0.25) is 0 Å². The normalized spacial score (nSPS) is 11.0. The van der Waals surface area contributed by atoms with Crippen molar-refractivity contribution in [3.8, 4) is 0 Å². The second kappa shape index (κ2) is 9.59. The van der Waals surface area contributed by atoms with Crippen LogP contribution in [0.1, 0.15) is 45.1 Å². The molecular formula is C16H27NO3. The molecule has 4 heteroatoms. The van der Waals surface area contributed by atoms with E-state index in [-0.39, 0.29) is 11.8 Å². The second-order valence-corrected chi connectivity index (χ2v) is 5.16. The molecule has 114 valence electrons. The molecule has 1 rings (SSSR count). The minimum atomic E-state index is 0.133. The van der Waals surface area contributed by atoms with E-state index in [4.69, 9.17) is 9.15 Å². The van der Waals surface area contributed by atoms with Crippen molar-refractivity contribution < 1.29 is 13.9 Å². The fourth-order valence-corrected chi connectivity index (χ4v) is 2.42. The van der Waals surface area contributed by atoms with E-state index in [1.165, 1.54) is 0 Å². The van der Waals surface area contributed by atoms with Crippen molar-refractivity contribution in [3.05, 3.63) is 24.2 Å². The average Bonchev–Trinajstić information content (AvgIpc) is 2.95. The van der Waals surface area contributed by atoms with Crippen molar-refractivity contribution in [2.24, 2.45) is 5.92 Å². The van der Waals surface area contributed by atoms with Crippen LogP contribution in [0.4, 0.5) is 0 Å². The summed E-state index contributed by atoms with van der Waals surface area (Å²) in [7, 11) is 1.66. The highest BCUT2D eigenvalue weighted by atomic mass is 16.5. The topological polar surface area (TPSA) is 42.7 Å². The standard InChI is InChI=1S/C16H27NO3/c1-4-6-15(7-5-2)16(18)17(9-11-19-3)12-14-8-10-20-13-14/h8,10,13,15H,4-7,9,11-12H2,1-3H3. The lowest BCUT2D eigenvalue weighted by Gasteiger charge is -2.26. The van der Waals surface area contributed by atoms with Crippen molar-refractivity contribution in [3.63, 3.8) is 0 Å².